The van der Waals surface area contributed by atoms with Gasteiger partial charge in [-0.3, -0.25) is 9.20 Å². The zero-order chi connectivity index (χ0) is 17.5. The lowest BCUT2D eigenvalue weighted by Gasteiger charge is -2.08. The number of pyridine rings is 1. The second-order valence-electron chi connectivity index (χ2n) is 5.41. The predicted octanol–water partition coefficient (Wildman–Crippen LogP) is 2.63. The summed E-state index contributed by atoms with van der Waals surface area (Å²) in [4.78, 5) is 18.2. The van der Waals surface area contributed by atoms with Crippen LogP contribution in [0.15, 0.2) is 53.6 Å². The molecule has 2 aromatic heterocycles. The van der Waals surface area contributed by atoms with E-state index in [2.05, 4.69) is 4.98 Å². The molecule has 8 heteroatoms. The van der Waals surface area contributed by atoms with Crippen LogP contribution in [0.3, 0.4) is 0 Å². The first-order chi connectivity index (χ1) is 11.3. The van der Waals surface area contributed by atoms with E-state index in [1.54, 1.807) is 42.9 Å². The van der Waals surface area contributed by atoms with E-state index in [-0.39, 0.29) is 16.6 Å². The van der Waals surface area contributed by atoms with E-state index in [4.69, 9.17) is 10.7 Å². The number of aromatic nitrogens is 2. The molecule has 0 aliphatic rings. The first-order valence-corrected chi connectivity index (χ1v) is 9.34. The Kier molecular flexibility index (Phi) is 4.06. The highest BCUT2D eigenvalue weighted by molar-refractivity contribution is 8.13. The Labute approximate surface area is 143 Å². The van der Waals surface area contributed by atoms with Gasteiger partial charge < -0.3 is 4.90 Å². The summed E-state index contributed by atoms with van der Waals surface area (Å²) >= 11 is 0. The number of carbonyl (C=O) groups is 1. The van der Waals surface area contributed by atoms with Crippen molar-refractivity contribution >= 4 is 31.2 Å². The van der Waals surface area contributed by atoms with Crippen molar-refractivity contribution in [1.82, 2.24) is 14.3 Å². The van der Waals surface area contributed by atoms with E-state index < -0.39 is 9.05 Å². The van der Waals surface area contributed by atoms with E-state index in [1.165, 1.54) is 17.0 Å². The van der Waals surface area contributed by atoms with Crippen molar-refractivity contribution in [2.75, 3.05) is 14.1 Å². The number of rotatable bonds is 3. The molecule has 0 radical (unpaired) electrons. The topological polar surface area (TPSA) is 71.8 Å². The van der Waals surface area contributed by atoms with Gasteiger partial charge in [0.25, 0.3) is 15.0 Å². The van der Waals surface area contributed by atoms with Gasteiger partial charge in [0.05, 0.1) is 16.1 Å². The number of fused-ring (bicyclic) bond motifs is 1. The van der Waals surface area contributed by atoms with E-state index >= 15 is 0 Å². The summed E-state index contributed by atoms with van der Waals surface area (Å²) in [5.74, 6) is 0.00769. The third-order valence-corrected chi connectivity index (χ3v) is 4.89. The molecule has 0 aliphatic carbocycles. The second kappa shape index (κ2) is 5.92. The molecule has 0 spiro atoms. The molecule has 0 fully saturated rings. The first kappa shape index (κ1) is 16.5. The Morgan fingerprint density at radius 1 is 1.17 bits per heavy atom. The van der Waals surface area contributed by atoms with Gasteiger partial charge in [0.15, 0.2) is 0 Å². The third kappa shape index (κ3) is 2.88. The number of hydrogen-bond donors (Lipinski definition) is 0. The minimum Gasteiger partial charge on any atom is -0.342 e. The Morgan fingerprint density at radius 3 is 2.58 bits per heavy atom. The van der Waals surface area contributed by atoms with Gasteiger partial charge in [0.1, 0.15) is 0 Å². The second-order valence-corrected chi connectivity index (χ2v) is 7.97. The predicted molar refractivity (Wildman–Crippen MR) is 91.7 cm³/mol. The molecule has 3 rings (SSSR count). The number of carbonyl (C=O) groups excluding carboxylic acids is 1. The molecule has 1 aromatic carbocycles. The van der Waals surface area contributed by atoms with Crippen molar-refractivity contribution in [1.29, 1.82) is 0 Å². The molecule has 2 heterocycles. The SMILES string of the molecule is CN(C)C(=O)c1nc(-c2cccc(S(=O)(=O)Cl)c2)c2ccccn12. The number of benzene rings is 1. The summed E-state index contributed by atoms with van der Waals surface area (Å²) in [7, 11) is 4.86. The number of hydrogen-bond acceptors (Lipinski definition) is 4. The molecule has 24 heavy (non-hydrogen) atoms. The maximum Gasteiger partial charge on any atom is 0.289 e. The van der Waals surface area contributed by atoms with E-state index in [0.717, 1.165) is 0 Å². The quantitative estimate of drug-likeness (QED) is 0.670. The van der Waals surface area contributed by atoms with Gasteiger partial charge in [0, 0.05) is 36.5 Å². The molecular formula is C16H14ClN3O3S. The van der Waals surface area contributed by atoms with Crippen LogP contribution in [-0.4, -0.2) is 42.7 Å². The van der Waals surface area contributed by atoms with Gasteiger partial charge in [-0.1, -0.05) is 18.2 Å². The van der Waals surface area contributed by atoms with Crippen molar-refractivity contribution in [3.05, 3.63) is 54.5 Å². The van der Waals surface area contributed by atoms with Crippen LogP contribution in [0.25, 0.3) is 16.8 Å². The van der Waals surface area contributed by atoms with Crippen LogP contribution in [-0.2, 0) is 9.05 Å². The Balaban J connectivity index is 2.26. The molecule has 0 unspecified atom stereocenters. The lowest BCUT2D eigenvalue weighted by Crippen LogP contribution is -2.24. The molecule has 0 bridgehead atoms. The lowest BCUT2D eigenvalue weighted by molar-refractivity contribution is 0.0815. The molecule has 0 atom stereocenters. The van der Waals surface area contributed by atoms with E-state index in [9.17, 15) is 13.2 Å². The summed E-state index contributed by atoms with van der Waals surface area (Å²) in [6, 6.07) is 11.6. The number of nitrogens with zero attached hydrogens (tertiary/aromatic N) is 3. The molecule has 3 aromatic rings. The zero-order valence-electron chi connectivity index (χ0n) is 13.0. The van der Waals surface area contributed by atoms with Gasteiger partial charge >= 0.3 is 0 Å². The summed E-state index contributed by atoms with van der Waals surface area (Å²) in [6.45, 7) is 0. The highest BCUT2D eigenvalue weighted by atomic mass is 35.7. The van der Waals surface area contributed by atoms with Gasteiger partial charge in [0.2, 0.25) is 5.82 Å². The van der Waals surface area contributed by atoms with Crippen LogP contribution in [0.4, 0.5) is 0 Å². The number of imidazole rings is 1. The summed E-state index contributed by atoms with van der Waals surface area (Å²) in [5, 5.41) is 0. The standard InChI is InChI=1S/C16H14ClN3O3S/c1-19(2)16(21)15-18-14(13-8-3-4-9-20(13)15)11-6-5-7-12(10-11)24(17,22)23/h3-10H,1-2H3. The van der Waals surface area contributed by atoms with Crippen LogP contribution in [0, 0.1) is 0 Å². The molecule has 0 aliphatic heterocycles. The van der Waals surface area contributed by atoms with E-state index in [0.29, 0.717) is 16.8 Å². The maximum atomic E-state index is 12.4. The number of halogens is 1. The summed E-state index contributed by atoms with van der Waals surface area (Å²) < 4.78 is 24.8. The van der Waals surface area contributed by atoms with Crippen molar-refractivity contribution in [3.8, 4) is 11.3 Å². The van der Waals surface area contributed by atoms with Gasteiger partial charge in [-0.2, -0.15) is 0 Å². The van der Waals surface area contributed by atoms with Crippen molar-refractivity contribution in [2.24, 2.45) is 0 Å². The van der Waals surface area contributed by atoms with Crippen molar-refractivity contribution < 1.29 is 13.2 Å². The lowest BCUT2D eigenvalue weighted by atomic mass is 10.1. The average molecular weight is 364 g/mol. The van der Waals surface area contributed by atoms with Crippen molar-refractivity contribution in [3.63, 3.8) is 0 Å². The summed E-state index contributed by atoms with van der Waals surface area (Å²) in [6.07, 6.45) is 1.74. The first-order valence-electron chi connectivity index (χ1n) is 7.03. The van der Waals surface area contributed by atoms with Crippen LogP contribution in [0.1, 0.15) is 10.6 Å². The van der Waals surface area contributed by atoms with Crippen LogP contribution in [0.2, 0.25) is 0 Å². The fraction of sp³-hybridized carbons (Fsp3) is 0.125. The van der Waals surface area contributed by atoms with Crippen LogP contribution < -0.4 is 0 Å². The minimum atomic E-state index is -3.85. The molecule has 0 saturated carbocycles. The highest BCUT2D eigenvalue weighted by Crippen LogP contribution is 2.28. The Bertz CT molecular complexity index is 1040. The Morgan fingerprint density at radius 2 is 1.92 bits per heavy atom. The van der Waals surface area contributed by atoms with Gasteiger partial charge in [-0.25, -0.2) is 13.4 Å². The largest absolute Gasteiger partial charge is 0.342 e. The minimum absolute atomic E-state index is 0.0146. The molecule has 0 saturated heterocycles. The Hall–Kier alpha value is -2.38. The normalized spacial score (nSPS) is 11.6. The van der Waals surface area contributed by atoms with Crippen LogP contribution >= 0.6 is 10.7 Å². The van der Waals surface area contributed by atoms with Gasteiger partial charge in [-0.15, -0.1) is 0 Å². The fourth-order valence-electron chi connectivity index (χ4n) is 2.40. The molecule has 1 amide bonds. The van der Waals surface area contributed by atoms with Crippen molar-refractivity contribution in [2.45, 2.75) is 4.90 Å². The summed E-state index contributed by atoms with van der Waals surface area (Å²) in [5.41, 5.74) is 1.79. The highest BCUT2D eigenvalue weighted by Gasteiger charge is 2.20. The smallest absolute Gasteiger partial charge is 0.289 e. The van der Waals surface area contributed by atoms with Gasteiger partial charge in [-0.05, 0) is 24.3 Å². The number of amides is 1. The zero-order valence-corrected chi connectivity index (χ0v) is 14.5. The molecular weight excluding hydrogens is 350 g/mol. The molecule has 0 N–H and O–H groups in total. The molecule has 6 nitrogen and oxygen atoms in total. The monoisotopic (exact) mass is 363 g/mol. The maximum absolute atomic E-state index is 12.4. The van der Waals surface area contributed by atoms with E-state index in [1.807, 2.05) is 12.1 Å². The molecule has 124 valence electrons. The van der Waals surface area contributed by atoms with Crippen LogP contribution in [0.5, 0.6) is 0 Å². The average Bonchev–Trinajstić information content (AvgIpc) is 2.93. The fourth-order valence-corrected chi connectivity index (χ4v) is 3.19. The third-order valence-electron chi connectivity index (χ3n) is 3.53.